The molecule has 1 fully saturated rings. The first-order chi connectivity index (χ1) is 10.5. The molecular formula is C15H21Cl3N2O2S. The maximum Gasteiger partial charge on any atom is 0.412 e. The summed E-state index contributed by atoms with van der Waals surface area (Å²) in [6, 6.07) is 2.16. The monoisotopic (exact) mass is 398 g/mol. The molecule has 1 N–H and O–H groups in total. The first kappa shape index (κ1) is 19.1. The van der Waals surface area contributed by atoms with Crippen LogP contribution in [-0.2, 0) is 16.7 Å². The fourth-order valence-electron chi connectivity index (χ4n) is 2.08. The second kappa shape index (κ2) is 7.36. The number of rotatable bonds is 4. The van der Waals surface area contributed by atoms with Crippen LogP contribution in [0.25, 0.3) is 0 Å². The van der Waals surface area contributed by atoms with Crippen molar-refractivity contribution in [2.24, 2.45) is 0 Å². The van der Waals surface area contributed by atoms with Crippen molar-refractivity contribution in [2.45, 2.75) is 42.9 Å². The Bertz CT molecular complexity index is 560. The van der Waals surface area contributed by atoms with Crippen LogP contribution in [0.3, 0.4) is 0 Å². The molecule has 23 heavy (non-hydrogen) atoms. The molecule has 0 spiro atoms. The number of hydrogen-bond donors (Lipinski definition) is 1. The number of ether oxygens (including phenoxy) is 1. The fourth-order valence-corrected chi connectivity index (χ4v) is 3.36. The largest absolute Gasteiger partial charge is 0.445 e. The van der Waals surface area contributed by atoms with Crippen molar-refractivity contribution in [1.82, 2.24) is 4.90 Å². The van der Waals surface area contributed by atoms with Crippen LogP contribution in [0.2, 0.25) is 0 Å². The summed E-state index contributed by atoms with van der Waals surface area (Å²) in [7, 11) is 0. The number of carbonyl (C=O) groups is 1. The van der Waals surface area contributed by atoms with Crippen molar-refractivity contribution in [3.8, 4) is 0 Å². The van der Waals surface area contributed by atoms with Gasteiger partial charge in [-0.25, -0.2) is 4.79 Å². The summed E-state index contributed by atoms with van der Waals surface area (Å²) < 4.78 is 3.35. The Balaban J connectivity index is 2.08. The summed E-state index contributed by atoms with van der Waals surface area (Å²) in [5.41, 5.74) is 1.13. The summed E-state index contributed by atoms with van der Waals surface area (Å²) in [5, 5.41) is 3.59. The predicted octanol–water partition coefficient (Wildman–Crippen LogP) is 5.17. The Hall–Kier alpha value is -0.200. The Morgan fingerprint density at radius 2 is 2.00 bits per heavy atom. The third kappa shape index (κ3) is 5.98. The molecule has 2 rings (SSSR count). The quantitative estimate of drug-likeness (QED) is 0.710. The van der Waals surface area contributed by atoms with E-state index in [4.69, 9.17) is 39.5 Å². The number of carbonyl (C=O) groups excluding carboxylic acids is 1. The molecule has 0 saturated carbocycles. The zero-order chi connectivity index (χ0) is 17.3. The molecule has 8 heteroatoms. The van der Waals surface area contributed by atoms with Gasteiger partial charge in [-0.3, -0.25) is 10.2 Å². The lowest BCUT2D eigenvalue weighted by Gasteiger charge is -2.30. The molecule has 1 aromatic heterocycles. The summed E-state index contributed by atoms with van der Waals surface area (Å²) >= 11 is 18.3. The van der Waals surface area contributed by atoms with E-state index >= 15 is 0 Å². The lowest BCUT2D eigenvalue weighted by molar-refractivity contribution is 0.163. The van der Waals surface area contributed by atoms with E-state index in [0.29, 0.717) is 0 Å². The van der Waals surface area contributed by atoms with E-state index < -0.39 is 9.89 Å². The average Bonchev–Trinajstić information content (AvgIpc) is 2.73. The molecule has 4 nitrogen and oxygen atoms in total. The van der Waals surface area contributed by atoms with Gasteiger partial charge in [0.2, 0.25) is 3.79 Å². The van der Waals surface area contributed by atoms with Crippen LogP contribution in [-0.4, -0.2) is 34.5 Å². The number of anilines is 1. The molecule has 0 radical (unpaired) electrons. The van der Waals surface area contributed by atoms with E-state index in [0.717, 1.165) is 30.2 Å². The van der Waals surface area contributed by atoms with Gasteiger partial charge in [0.25, 0.3) is 0 Å². The smallest absolute Gasteiger partial charge is 0.412 e. The van der Waals surface area contributed by atoms with Gasteiger partial charge in [-0.15, -0.1) is 11.3 Å². The minimum absolute atomic E-state index is 0.0236. The van der Waals surface area contributed by atoms with Crippen molar-refractivity contribution >= 4 is 57.2 Å². The van der Waals surface area contributed by atoms with E-state index in [1.54, 1.807) is 11.3 Å². The number of thiophene rings is 1. The Morgan fingerprint density at radius 3 is 2.48 bits per heavy atom. The summed E-state index contributed by atoms with van der Waals surface area (Å²) in [5.74, 6) is 0. The zero-order valence-corrected chi connectivity index (χ0v) is 16.5. The van der Waals surface area contributed by atoms with Gasteiger partial charge in [-0.2, -0.15) is 0 Å². The molecule has 2 heterocycles. The second-order valence-corrected chi connectivity index (χ2v) is 10.2. The molecule has 1 aromatic rings. The van der Waals surface area contributed by atoms with Gasteiger partial charge in [-0.1, -0.05) is 55.6 Å². The normalized spacial score (nSPS) is 16.1. The van der Waals surface area contributed by atoms with Gasteiger partial charge in [0.1, 0.15) is 11.6 Å². The molecular weight excluding hydrogens is 379 g/mol. The number of amides is 1. The first-order valence-electron chi connectivity index (χ1n) is 7.41. The number of likely N-dealkylation sites (tertiary alicyclic amines) is 1. The predicted molar refractivity (Wildman–Crippen MR) is 98.2 cm³/mol. The number of hydrogen-bond acceptors (Lipinski definition) is 4. The molecule has 1 saturated heterocycles. The van der Waals surface area contributed by atoms with Crippen molar-refractivity contribution in [2.75, 3.05) is 25.0 Å². The molecule has 0 aliphatic carbocycles. The average molecular weight is 400 g/mol. The number of nitrogens with zero attached hydrogens (tertiary/aromatic N) is 1. The van der Waals surface area contributed by atoms with Gasteiger partial charge in [-0.05, 0) is 31.0 Å². The highest BCUT2D eigenvalue weighted by molar-refractivity contribution is 7.16. The van der Waals surface area contributed by atoms with Crippen LogP contribution in [0.4, 0.5) is 9.80 Å². The zero-order valence-electron chi connectivity index (χ0n) is 13.4. The lowest BCUT2D eigenvalue weighted by atomic mass is 9.94. The maximum absolute atomic E-state index is 11.9. The van der Waals surface area contributed by atoms with E-state index in [-0.39, 0.29) is 12.0 Å². The molecule has 0 bridgehead atoms. The number of alkyl halides is 3. The summed E-state index contributed by atoms with van der Waals surface area (Å²) in [6.07, 6.45) is 0.619. The van der Waals surface area contributed by atoms with Gasteiger partial charge in [0.15, 0.2) is 0 Å². The fraction of sp³-hybridized carbons (Fsp3) is 0.667. The lowest BCUT2D eigenvalue weighted by Crippen LogP contribution is -2.36. The third-order valence-corrected chi connectivity index (χ3v) is 5.32. The van der Waals surface area contributed by atoms with E-state index in [9.17, 15) is 4.79 Å². The summed E-state index contributed by atoms with van der Waals surface area (Å²) in [4.78, 5) is 15.5. The van der Waals surface area contributed by atoms with Gasteiger partial charge in [0, 0.05) is 17.0 Å². The highest BCUT2D eigenvalue weighted by atomic mass is 35.6. The molecule has 1 aliphatic rings. The molecule has 130 valence electrons. The van der Waals surface area contributed by atoms with Crippen LogP contribution in [0.5, 0.6) is 0 Å². The van der Waals surface area contributed by atoms with Crippen LogP contribution in [0.15, 0.2) is 6.07 Å². The standard InChI is InChI=1S/C15H21Cl3N2O2S/c1-14(2,3)11-7-10(8-20-5-4-6-20)12(23-11)19-13(21)22-9-15(16,17)18/h7H,4-6,8-9H2,1-3H3,(H,19,21). The van der Waals surface area contributed by atoms with Crippen molar-refractivity contribution in [3.63, 3.8) is 0 Å². The second-order valence-electron chi connectivity index (χ2n) is 6.66. The SMILES string of the molecule is CC(C)(C)c1cc(CN2CCC2)c(NC(=O)OCC(Cl)(Cl)Cl)s1. The molecule has 1 aliphatic heterocycles. The molecule has 0 aromatic carbocycles. The molecule has 0 atom stereocenters. The Labute approximate surface area is 156 Å². The topological polar surface area (TPSA) is 41.6 Å². The molecule has 0 unspecified atom stereocenters. The number of nitrogens with one attached hydrogen (secondary N) is 1. The van der Waals surface area contributed by atoms with Crippen molar-refractivity contribution in [1.29, 1.82) is 0 Å². The molecule has 1 amide bonds. The van der Waals surface area contributed by atoms with E-state index in [2.05, 4.69) is 37.1 Å². The highest BCUT2D eigenvalue weighted by Crippen LogP contribution is 2.37. The third-order valence-electron chi connectivity index (χ3n) is 3.47. The van der Waals surface area contributed by atoms with Gasteiger partial charge < -0.3 is 4.74 Å². The Kier molecular flexibility index (Phi) is 6.12. The van der Waals surface area contributed by atoms with Crippen molar-refractivity contribution < 1.29 is 9.53 Å². The minimum atomic E-state index is -1.61. The van der Waals surface area contributed by atoms with Gasteiger partial charge >= 0.3 is 6.09 Å². The summed E-state index contributed by atoms with van der Waals surface area (Å²) in [6.45, 7) is 9.18. The van der Waals surface area contributed by atoms with E-state index in [1.165, 1.54) is 11.3 Å². The van der Waals surface area contributed by atoms with Gasteiger partial charge in [0.05, 0.1) is 0 Å². The first-order valence-corrected chi connectivity index (χ1v) is 9.36. The van der Waals surface area contributed by atoms with Crippen molar-refractivity contribution in [3.05, 3.63) is 16.5 Å². The maximum atomic E-state index is 11.9. The van der Waals surface area contributed by atoms with E-state index in [1.807, 2.05) is 0 Å². The van der Waals surface area contributed by atoms with Crippen LogP contribution in [0, 0.1) is 0 Å². The minimum Gasteiger partial charge on any atom is -0.445 e. The highest BCUT2D eigenvalue weighted by Gasteiger charge is 2.25. The number of halogens is 3. The van der Waals surface area contributed by atoms with Crippen LogP contribution in [0.1, 0.15) is 37.6 Å². The Morgan fingerprint density at radius 1 is 1.35 bits per heavy atom. The van der Waals surface area contributed by atoms with Crippen LogP contribution >= 0.6 is 46.1 Å². The van der Waals surface area contributed by atoms with Crippen LogP contribution < -0.4 is 5.32 Å².